The van der Waals surface area contributed by atoms with Crippen LogP contribution in [0.2, 0.25) is 0 Å². The van der Waals surface area contributed by atoms with E-state index in [1.807, 2.05) is 30.3 Å². The summed E-state index contributed by atoms with van der Waals surface area (Å²) in [5.74, 6) is 1.26. The molecule has 2 amide bonds. The van der Waals surface area contributed by atoms with Crippen LogP contribution in [-0.4, -0.2) is 43.3 Å². The number of carbonyl (C=O) groups is 2. The number of hydrogen-bond acceptors (Lipinski definition) is 6. The van der Waals surface area contributed by atoms with Crippen molar-refractivity contribution in [2.45, 2.75) is 18.8 Å². The SMILES string of the molecule is COc1cc(C=CC2C3OC(=O)N2C3=O)cc(OC)c1OCc1ccccc1. The van der Waals surface area contributed by atoms with Crippen LogP contribution in [0.1, 0.15) is 11.1 Å². The van der Waals surface area contributed by atoms with Crippen LogP contribution in [0.25, 0.3) is 6.08 Å². The number of imide groups is 1. The van der Waals surface area contributed by atoms with Crippen LogP contribution in [-0.2, 0) is 16.1 Å². The molecule has 3 saturated heterocycles. The lowest BCUT2D eigenvalue weighted by atomic mass is 9.99. The van der Waals surface area contributed by atoms with E-state index in [-0.39, 0.29) is 11.9 Å². The predicted octanol–water partition coefficient (Wildman–Crippen LogP) is 3.03. The number of rotatable bonds is 7. The first-order valence-electron chi connectivity index (χ1n) is 8.77. The predicted molar refractivity (Wildman–Crippen MR) is 100 cm³/mol. The second-order valence-electron chi connectivity index (χ2n) is 6.39. The summed E-state index contributed by atoms with van der Waals surface area (Å²) in [7, 11) is 3.11. The van der Waals surface area contributed by atoms with Crippen molar-refractivity contribution >= 4 is 18.1 Å². The number of amides is 2. The maximum absolute atomic E-state index is 11.6. The average Bonchev–Trinajstić information content (AvgIpc) is 3.23. The third-order valence-electron chi connectivity index (χ3n) is 4.71. The van der Waals surface area contributed by atoms with Crippen molar-refractivity contribution < 1.29 is 28.5 Å². The van der Waals surface area contributed by atoms with Crippen LogP contribution >= 0.6 is 0 Å². The third-order valence-corrected chi connectivity index (χ3v) is 4.71. The normalized spacial score (nSPS) is 20.1. The van der Waals surface area contributed by atoms with Crippen molar-refractivity contribution in [2.75, 3.05) is 14.2 Å². The van der Waals surface area contributed by atoms with E-state index in [2.05, 4.69) is 0 Å². The summed E-state index contributed by atoms with van der Waals surface area (Å²) in [6.45, 7) is 0.378. The van der Waals surface area contributed by atoms with Crippen LogP contribution in [0, 0.1) is 0 Å². The summed E-state index contributed by atoms with van der Waals surface area (Å²) in [6.07, 6.45) is 2.26. The molecule has 0 radical (unpaired) electrons. The van der Waals surface area contributed by atoms with E-state index < -0.39 is 12.2 Å². The monoisotopic (exact) mass is 381 g/mol. The van der Waals surface area contributed by atoms with Gasteiger partial charge in [-0.3, -0.25) is 4.79 Å². The van der Waals surface area contributed by atoms with Crippen molar-refractivity contribution in [3.05, 3.63) is 59.7 Å². The number of nitrogens with zero attached hydrogens (tertiary/aromatic N) is 1. The highest BCUT2D eigenvalue weighted by molar-refractivity contribution is 6.07. The molecule has 28 heavy (non-hydrogen) atoms. The molecule has 5 rings (SSSR count). The zero-order valence-electron chi connectivity index (χ0n) is 15.5. The summed E-state index contributed by atoms with van der Waals surface area (Å²) >= 11 is 0. The van der Waals surface area contributed by atoms with E-state index in [9.17, 15) is 9.59 Å². The van der Waals surface area contributed by atoms with Gasteiger partial charge in [-0.05, 0) is 23.3 Å². The van der Waals surface area contributed by atoms with E-state index in [0.717, 1.165) is 16.0 Å². The van der Waals surface area contributed by atoms with E-state index in [1.165, 1.54) is 0 Å². The highest BCUT2D eigenvalue weighted by Crippen LogP contribution is 2.40. The number of fused-ring (bicyclic) bond motifs is 1. The van der Waals surface area contributed by atoms with Crippen molar-refractivity contribution in [1.29, 1.82) is 0 Å². The van der Waals surface area contributed by atoms with Crippen LogP contribution in [0.3, 0.4) is 0 Å². The van der Waals surface area contributed by atoms with E-state index in [4.69, 9.17) is 18.9 Å². The minimum absolute atomic E-state index is 0.292. The zero-order chi connectivity index (χ0) is 19.7. The molecule has 7 heteroatoms. The van der Waals surface area contributed by atoms with Crippen LogP contribution < -0.4 is 14.2 Å². The molecule has 3 fully saturated rings. The molecule has 3 heterocycles. The molecule has 2 aromatic rings. The third kappa shape index (κ3) is 3.05. The fourth-order valence-electron chi connectivity index (χ4n) is 3.25. The van der Waals surface area contributed by atoms with Gasteiger partial charge in [0, 0.05) is 0 Å². The highest BCUT2D eigenvalue weighted by atomic mass is 16.6. The summed E-state index contributed by atoms with van der Waals surface area (Å²) in [4.78, 5) is 24.2. The van der Waals surface area contributed by atoms with Gasteiger partial charge in [-0.15, -0.1) is 0 Å². The Morgan fingerprint density at radius 1 is 1.07 bits per heavy atom. The Hall–Kier alpha value is -3.48. The molecular formula is C21H19NO6. The van der Waals surface area contributed by atoms with Crippen molar-refractivity contribution in [2.24, 2.45) is 0 Å². The molecule has 0 spiro atoms. The van der Waals surface area contributed by atoms with Crippen molar-refractivity contribution in [1.82, 2.24) is 4.90 Å². The Morgan fingerprint density at radius 3 is 2.29 bits per heavy atom. The molecule has 2 aromatic carbocycles. The number of ether oxygens (including phenoxy) is 4. The maximum Gasteiger partial charge on any atom is 0.418 e. The Balaban J connectivity index is 1.54. The molecule has 2 unspecified atom stereocenters. The van der Waals surface area contributed by atoms with Gasteiger partial charge in [-0.1, -0.05) is 42.5 Å². The molecular weight excluding hydrogens is 362 g/mol. The zero-order valence-corrected chi connectivity index (χ0v) is 15.5. The Morgan fingerprint density at radius 2 is 1.75 bits per heavy atom. The number of β-lactam (4-membered cyclic amide) rings is 1. The number of methoxy groups -OCH3 is 2. The second-order valence-corrected chi connectivity index (χ2v) is 6.39. The van der Waals surface area contributed by atoms with Gasteiger partial charge in [0.05, 0.1) is 14.2 Å². The summed E-state index contributed by atoms with van der Waals surface area (Å²) in [6, 6.07) is 13.0. The minimum atomic E-state index is -0.707. The Labute approximate surface area is 162 Å². The second kappa shape index (κ2) is 7.26. The van der Waals surface area contributed by atoms with Gasteiger partial charge in [0.1, 0.15) is 12.6 Å². The van der Waals surface area contributed by atoms with Gasteiger partial charge < -0.3 is 18.9 Å². The molecule has 144 valence electrons. The van der Waals surface area contributed by atoms with Gasteiger partial charge in [0.15, 0.2) is 11.5 Å². The fraction of sp³-hybridized carbons (Fsp3) is 0.238. The molecule has 2 atom stereocenters. The van der Waals surface area contributed by atoms with Crippen molar-refractivity contribution in [3.63, 3.8) is 0 Å². The van der Waals surface area contributed by atoms with E-state index >= 15 is 0 Å². The topological polar surface area (TPSA) is 74.3 Å². The molecule has 0 aromatic heterocycles. The maximum atomic E-state index is 11.6. The van der Waals surface area contributed by atoms with Gasteiger partial charge in [0.2, 0.25) is 11.9 Å². The number of benzene rings is 2. The molecule has 7 nitrogen and oxygen atoms in total. The van der Waals surface area contributed by atoms with Gasteiger partial charge in [-0.2, -0.15) is 0 Å². The van der Waals surface area contributed by atoms with E-state index in [0.29, 0.717) is 23.9 Å². The van der Waals surface area contributed by atoms with Crippen LogP contribution in [0.5, 0.6) is 17.2 Å². The van der Waals surface area contributed by atoms with Gasteiger partial charge >= 0.3 is 6.09 Å². The fourth-order valence-corrected chi connectivity index (χ4v) is 3.25. The largest absolute Gasteiger partial charge is 0.493 e. The van der Waals surface area contributed by atoms with Crippen molar-refractivity contribution in [3.8, 4) is 17.2 Å². The molecule has 0 saturated carbocycles. The summed E-state index contributed by atoms with van der Waals surface area (Å²) in [5.41, 5.74) is 1.81. The van der Waals surface area contributed by atoms with Crippen LogP contribution in [0.15, 0.2) is 48.5 Å². The lowest BCUT2D eigenvalue weighted by Crippen LogP contribution is -2.56. The number of carbonyl (C=O) groups excluding carboxylic acids is 2. The average molecular weight is 381 g/mol. The number of hydrogen-bond donors (Lipinski definition) is 0. The van der Waals surface area contributed by atoms with Gasteiger partial charge in [-0.25, -0.2) is 9.69 Å². The Kier molecular flexibility index (Phi) is 4.65. The molecule has 0 aliphatic carbocycles. The van der Waals surface area contributed by atoms with E-state index in [1.54, 1.807) is 38.5 Å². The quantitative estimate of drug-likeness (QED) is 0.687. The lowest BCUT2D eigenvalue weighted by molar-refractivity contribution is -0.141. The first-order chi connectivity index (χ1) is 13.6. The Bertz CT molecular complexity index is 906. The first kappa shape index (κ1) is 17.9. The first-order valence-corrected chi connectivity index (χ1v) is 8.77. The molecule has 3 aliphatic heterocycles. The minimum Gasteiger partial charge on any atom is -0.493 e. The smallest absolute Gasteiger partial charge is 0.418 e. The highest BCUT2D eigenvalue weighted by Gasteiger charge is 2.60. The van der Waals surface area contributed by atoms with Crippen LogP contribution in [0.4, 0.5) is 4.79 Å². The standard InChI is InChI=1S/C21H19NO6/c1-25-16-10-14(8-9-15-18-20(23)22(15)21(24)28-18)11-17(26-2)19(16)27-12-13-6-4-3-5-7-13/h3-11,15,18H,12H2,1-2H3. The van der Waals surface area contributed by atoms with Gasteiger partial charge in [0.25, 0.3) is 5.91 Å². The summed E-state index contributed by atoms with van der Waals surface area (Å²) in [5, 5.41) is 0. The molecule has 3 aliphatic rings. The molecule has 0 N–H and O–H groups in total. The summed E-state index contributed by atoms with van der Waals surface area (Å²) < 4.78 is 21.8. The lowest BCUT2D eigenvalue weighted by Gasteiger charge is -2.28. The molecule has 2 bridgehead atoms.